The molecule has 0 radical (unpaired) electrons. The van der Waals surface area contributed by atoms with Crippen LogP contribution in [0.4, 0.5) is 10.2 Å². The number of fused-ring (bicyclic) bond motifs is 3. The summed E-state index contributed by atoms with van der Waals surface area (Å²) in [6, 6.07) is 7.12. The van der Waals surface area contributed by atoms with Crippen molar-refractivity contribution in [3.8, 4) is 0 Å². The number of pyridine rings is 2. The van der Waals surface area contributed by atoms with E-state index in [0.29, 0.717) is 48.3 Å². The number of carbonyl (C=O) groups excluding carboxylic acids is 1. The number of H-pyrrole nitrogens is 1. The van der Waals surface area contributed by atoms with E-state index in [-0.39, 0.29) is 23.3 Å². The maximum Gasteiger partial charge on any atom is 0.259 e. The van der Waals surface area contributed by atoms with Crippen molar-refractivity contribution in [3.05, 3.63) is 63.5 Å². The van der Waals surface area contributed by atoms with E-state index < -0.39 is 0 Å². The zero-order chi connectivity index (χ0) is 25.8. The van der Waals surface area contributed by atoms with Crippen LogP contribution in [0.3, 0.4) is 0 Å². The van der Waals surface area contributed by atoms with Gasteiger partial charge in [-0.05, 0) is 63.7 Å². The van der Waals surface area contributed by atoms with E-state index in [1.54, 1.807) is 19.2 Å². The van der Waals surface area contributed by atoms with Crippen molar-refractivity contribution in [2.45, 2.75) is 26.3 Å². The number of anilines is 1. The number of aromatic amines is 1. The Kier molecular flexibility index (Phi) is 5.71. The van der Waals surface area contributed by atoms with E-state index in [1.807, 2.05) is 28.6 Å². The third kappa shape index (κ3) is 4.05. The minimum atomic E-state index is -0.318. The molecule has 9 nitrogen and oxygen atoms in total. The Morgan fingerprint density at radius 3 is 2.57 bits per heavy atom. The molecule has 6 rings (SSSR count). The van der Waals surface area contributed by atoms with Crippen LogP contribution in [0.2, 0.25) is 0 Å². The van der Waals surface area contributed by atoms with E-state index in [0.717, 1.165) is 41.8 Å². The van der Waals surface area contributed by atoms with Crippen LogP contribution in [0.5, 0.6) is 0 Å². The number of aromatic nitrogens is 4. The molecule has 0 aliphatic carbocycles. The lowest BCUT2D eigenvalue weighted by Crippen LogP contribution is -2.49. The van der Waals surface area contributed by atoms with Crippen molar-refractivity contribution in [1.82, 2.24) is 29.5 Å². The summed E-state index contributed by atoms with van der Waals surface area (Å²) in [5.41, 5.74) is 3.15. The molecule has 4 aromatic rings. The van der Waals surface area contributed by atoms with Gasteiger partial charge in [-0.15, -0.1) is 0 Å². The second-order valence-corrected chi connectivity index (χ2v) is 10.2. The van der Waals surface area contributed by atoms with Crippen LogP contribution < -0.4 is 10.5 Å². The Morgan fingerprint density at radius 1 is 1.08 bits per heavy atom. The summed E-state index contributed by atoms with van der Waals surface area (Å²) in [7, 11) is 2.09. The zero-order valence-electron chi connectivity index (χ0n) is 21.3. The van der Waals surface area contributed by atoms with Gasteiger partial charge in [-0.25, -0.2) is 9.37 Å². The molecule has 1 N–H and O–H groups in total. The minimum Gasteiger partial charge on any atom is -0.353 e. The third-order valence-corrected chi connectivity index (χ3v) is 7.75. The predicted molar refractivity (Wildman–Crippen MR) is 141 cm³/mol. The SMILES string of the molecule is Cc1cc2[nH]c(=O)c3cnn([C@H]4CCN(C)C4)c3c2cc1C(=O)N1CCN(c2ccc(F)c(C)n2)CC1. The summed E-state index contributed by atoms with van der Waals surface area (Å²) in [5.74, 6) is 0.374. The number of rotatable bonds is 3. The van der Waals surface area contributed by atoms with E-state index in [4.69, 9.17) is 0 Å². The van der Waals surface area contributed by atoms with Gasteiger partial charge >= 0.3 is 0 Å². The molecule has 2 saturated heterocycles. The highest BCUT2D eigenvalue weighted by Gasteiger charge is 2.27. The van der Waals surface area contributed by atoms with E-state index in [1.165, 1.54) is 6.07 Å². The van der Waals surface area contributed by atoms with Crippen LogP contribution in [0.1, 0.15) is 34.1 Å². The molecule has 2 fully saturated rings. The molecule has 3 aromatic heterocycles. The number of amides is 1. The fourth-order valence-corrected chi connectivity index (χ4v) is 5.63. The molecule has 0 spiro atoms. The van der Waals surface area contributed by atoms with Crippen molar-refractivity contribution >= 4 is 33.5 Å². The Hall–Kier alpha value is -3.79. The average Bonchev–Trinajstić information content (AvgIpc) is 3.52. The summed E-state index contributed by atoms with van der Waals surface area (Å²) in [6.07, 6.45) is 2.60. The first-order valence-electron chi connectivity index (χ1n) is 12.7. The lowest BCUT2D eigenvalue weighted by atomic mass is 10.0. The second kappa shape index (κ2) is 8.95. The van der Waals surface area contributed by atoms with Crippen molar-refractivity contribution in [1.29, 1.82) is 0 Å². The number of nitrogens with zero attached hydrogens (tertiary/aromatic N) is 6. The van der Waals surface area contributed by atoms with Gasteiger partial charge in [0.2, 0.25) is 0 Å². The average molecular weight is 504 g/mol. The maximum absolute atomic E-state index is 13.7. The Morgan fingerprint density at radius 2 is 1.86 bits per heavy atom. The number of likely N-dealkylation sites (tertiary alicyclic amines) is 1. The van der Waals surface area contributed by atoms with Gasteiger partial charge in [0.15, 0.2) is 0 Å². The van der Waals surface area contributed by atoms with Gasteiger partial charge in [0.1, 0.15) is 11.6 Å². The second-order valence-electron chi connectivity index (χ2n) is 10.2. The topological polar surface area (TPSA) is 90.4 Å². The van der Waals surface area contributed by atoms with E-state index in [9.17, 15) is 14.0 Å². The maximum atomic E-state index is 13.7. The number of aryl methyl sites for hydroxylation is 2. The first-order chi connectivity index (χ1) is 17.8. The molecule has 0 bridgehead atoms. The van der Waals surface area contributed by atoms with Crippen molar-refractivity contribution < 1.29 is 9.18 Å². The molecule has 0 saturated carbocycles. The number of likely N-dealkylation sites (N-methyl/N-ethyl adjacent to an activating group) is 1. The van der Waals surface area contributed by atoms with Gasteiger partial charge in [-0.3, -0.25) is 14.3 Å². The number of nitrogens with one attached hydrogen (secondary N) is 1. The fourth-order valence-electron chi connectivity index (χ4n) is 5.63. The highest BCUT2D eigenvalue weighted by molar-refractivity contribution is 6.07. The van der Waals surface area contributed by atoms with Gasteiger partial charge in [0, 0.05) is 43.7 Å². The van der Waals surface area contributed by atoms with Crippen LogP contribution in [-0.4, -0.2) is 81.8 Å². The summed E-state index contributed by atoms with van der Waals surface area (Å²) in [6.45, 7) is 7.74. The highest BCUT2D eigenvalue weighted by Crippen LogP contribution is 2.30. The zero-order valence-corrected chi connectivity index (χ0v) is 21.3. The molecule has 10 heteroatoms. The predicted octanol–water partition coefficient (Wildman–Crippen LogP) is 2.87. The molecule has 1 aromatic carbocycles. The molecule has 2 aliphatic heterocycles. The van der Waals surface area contributed by atoms with Crippen LogP contribution in [0.15, 0.2) is 35.3 Å². The quantitative estimate of drug-likeness (QED) is 0.463. The fraction of sp³-hybridized carbons (Fsp3) is 0.407. The minimum absolute atomic E-state index is 0.0340. The van der Waals surface area contributed by atoms with Gasteiger partial charge in [-0.1, -0.05) is 0 Å². The molecular formula is C27H30FN7O2. The third-order valence-electron chi connectivity index (χ3n) is 7.75. The molecule has 192 valence electrons. The Labute approximate surface area is 213 Å². The summed E-state index contributed by atoms with van der Waals surface area (Å²) < 4.78 is 15.6. The van der Waals surface area contributed by atoms with Crippen molar-refractivity contribution in [3.63, 3.8) is 0 Å². The molecular weight excluding hydrogens is 473 g/mol. The highest BCUT2D eigenvalue weighted by atomic mass is 19.1. The normalized spacial score (nSPS) is 18.9. The number of halogens is 1. The first kappa shape index (κ1) is 23.6. The molecule has 0 unspecified atom stereocenters. The lowest BCUT2D eigenvalue weighted by Gasteiger charge is -2.35. The van der Waals surface area contributed by atoms with Gasteiger partial charge < -0.3 is 19.7 Å². The van der Waals surface area contributed by atoms with Gasteiger partial charge in [-0.2, -0.15) is 5.10 Å². The largest absolute Gasteiger partial charge is 0.353 e. The van der Waals surface area contributed by atoms with Crippen LogP contribution in [-0.2, 0) is 0 Å². The Bertz CT molecular complexity index is 1590. The summed E-state index contributed by atoms with van der Waals surface area (Å²) in [4.78, 5) is 40.0. The van der Waals surface area contributed by atoms with Gasteiger partial charge in [0.25, 0.3) is 11.5 Å². The van der Waals surface area contributed by atoms with E-state index >= 15 is 0 Å². The molecule has 5 heterocycles. The number of benzene rings is 1. The number of piperazine rings is 1. The Balaban J connectivity index is 1.32. The molecule has 2 aliphatic rings. The number of hydrogen-bond donors (Lipinski definition) is 1. The van der Waals surface area contributed by atoms with E-state index in [2.05, 4.69) is 31.9 Å². The van der Waals surface area contributed by atoms with Crippen LogP contribution >= 0.6 is 0 Å². The van der Waals surface area contributed by atoms with Crippen LogP contribution in [0, 0.1) is 19.7 Å². The number of carbonyl (C=O) groups is 1. The first-order valence-corrected chi connectivity index (χ1v) is 12.7. The summed E-state index contributed by atoms with van der Waals surface area (Å²) in [5, 5.41) is 5.97. The molecule has 1 atom stereocenters. The monoisotopic (exact) mass is 503 g/mol. The smallest absolute Gasteiger partial charge is 0.259 e. The lowest BCUT2D eigenvalue weighted by molar-refractivity contribution is 0.0746. The number of hydrogen-bond acceptors (Lipinski definition) is 6. The van der Waals surface area contributed by atoms with Gasteiger partial charge in [0.05, 0.1) is 34.4 Å². The standard InChI is InChI=1S/C27H30FN7O2/c1-16-12-23-20(25-21(26(36)31-23)14-29-35(25)18-6-7-32(3)15-18)13-19(16)27(37)34-10-8-33(9-11-34)24-5-4-22(28)17(2)30-24/h4-5,12-14,18H,6-11,15H2,1-3H3,(H,31,36)/t18-/m0/s1. The van der Waals surface area contributed by atoms with Crippen molar-refractivity contribution in [2.24, 2.45) is 0 Å². The molecule has 1 amide bonds. The molecule has 37 heavy (non-hydrogen) atoms. The summed E-state index contributed by atoms with van der Waals surface area (Å²) >= 11 is 0. The van der Waals surface area contributed by atoms with Crippen LogP contribution in [0.25, 0.3) is 21.8 Å². The van der Waals surface area contributed by atoms with Crippen molar-refractivity contribution in [2.75, 3.05) is 51.2 Å².